The number of hydrogen-bond acceptors (Lipinski definition) is 9. The van der Waals surface area contributed by atoms with E-state index in [2.05, 4.69) is 25.6 Å². The number of alkyl halides is 2. The van der Waals surface area contributed by atoms with E-state index in [0.717, 1.165) is 25.1 Å². The highest BCUT2D eigenvalue weighted by Crippen LogP contribution is 2.47. The molecule has 17 heteroatoms. The number of alkyl carbamates (subject to hydrolysis) is 1. The summed E-state index contributed by atoms with van der Waals surface area (Å²) in [7, 11) is 0. The number of rotatable bonds is 11. The quantitative estimate of drug-likeness (QED) is 0.145. The molecular weight excluding hydrogens is 741 g/mol. The largest absolute Gasteiger partial charge is 0.463 e. The maximum Gasteiger partial charge on any atom is 0.414 e. The molecule has 0 spiro atoms. The van der Waals surface area contributed by atoms with Gasteiger partial charge in [-0.3, -0.25) is 24.9 Å². The summed E-state index contributed by atoms with van der Waals surface area (Å²) in [6, 6.07) is 7.73. The predicted octanol–water partition coefficient (Wildman–Crippen LogP) is 7.96. The number of nitrogens with zero attached hydrogens (tertiary/aromatic N) is 6. The van der Waals surface area contributed by atoms with Gasteiger partial charge in [0, 0.05) is 29.3 Å². The van der Waals surface area contributed by atoms with Crippen molar-refractivity contribution in [3.63, 3.8) is 0 Å². The molecule has 2 aromatic carbocycles. The van der Waals surface area contributed by atoms with Crippen LogP contribution in [0.3, 0.4) is 0 Å². The van der Waals surface area contributed by atoms with Gasteiger partial charge in [-0.25, -0.2) is 23.8 Å². The van der Waals surface area contributed by atoms with Crippen molar-refractivity contribution < 1.29 is 37.0 Å². The van der Waals surface area contributed by atoms with E-state index in [0.29, 0.717) is 26.7 Å². The highest BCUT2D eigenvalue weighted by molar-refractivity contribution is 6.33. The second kappa shape index (κ2) is 15.1. The number of carbonyl (C=O) groups is 3. The first-order valence-corrected chi connectivity index (χ1v) is 18.1. The van der Waals surface area contributed by atoms with Gasteiger partial charge in [0.2, 0.25) is 5.96 Å². The average Bonchev–Trinajstić information content (AvgIpc) is 3.42. The Balaban J connectivity index is 1.50. The number of esters is 1. The molecule has 1 aliphatic heterocycles. The van der Waals surface area contributed by atoms with Crippen LogP contribution in [0.4, 0.5) is 18.0 Å². The second-order valence-electron chi connectivity index (χ2n) is 15.9. The minimum atomic E-state index is -2.89. The lowest BCUT2D eigenvalue weighted by molar-refractivity contribution is -0.148. The van der Waals surface area contributed by atoms with Crippen LogP contribution in [0.1, 0.15) is 90.9 Å². The molecular formula is C38H42ClF3N8O5. The Morgan fingerprint density at radius 2 is 1.84 bits per heavy atom. The molecule has 0 saturated heterocycles. The number of amides is 2. The fourth-order valence-corrected chi connectivity index (χ4v) is 6.71. The van der Waals surface area contributed by atoms with E-state index in [1.54, 1.807) is 39.0 Å². The van der Waals surface area contributed by atoms with Crippen molar-refractivity contribution in [2.45, 2.75) is 91.0 Å². The van der Waals surface area contributed by atoms with Crippen molar-refractivity contribution in [1.29, 1.82) is 0 Å². The van der Waals surface area contributed by atoms with Gasteiger partial charge in [-0.1, -0.05) is 50.6 Å². The zero-order chi connectivity index (χ0) is 39.9. The monoisotopic (exact) mass is 782 g/mol. The normalized spacial score (nSPS) is 18.1. The van der Waals surface area contributed by atoms with E-state index in [-0.39, 0.29) is 48.0 Å². The number of aromatic nitrogens is 5. The van der Waals surface area contributed by atoms with E-state index >= 15 is 9.18 Å². The number of hydrogen-bond donors (Lipinski definition) is 2. The summed E-state index contributed by atoms with van der Waals surface area (Å²) in [5.41, 5.74) is -2.42. The van der Waals surface area contributed by atoms with Gasteiger partial charge in [-0.05, 0) is 80.7 Å². The number of H-pyrrole nitrogens is 1. The van der Waals surface area contributed by atoms with Gasteiger partial charge in [0.1, 0.15) is 24.4 Å². The topological polar surface area (TPSA) is 157 Å². The van der Waals surface area contributed by atoms with Crippen molar-refractivity contribution in [3.8, 4) is 22.5 Å². The first kappa shape index (κ1) is 39.4. The molecule has 1 aliphatic carbocycles. The third-order valence-corrected chi connectivity index (χ3v) is 9.29. The average molecular weight is 783 g/mol. The first-order chi connectivity index (χ1) is 25.8. The van der Waals surface area contributed by atoms with Gasteiger partial charge in [0.15, 0.2) is 11.4 Å². The van der Waals surface area contributed by atoms with Gasteiger partial charge in [0.25, 0.3) is 5.91 Å². The summed E-state index contributed by atoms with van der Waals surface area (Å²) in [5, 5.41) is 13.3. The van der Waals surface area contributed by atoms with Gasteiger partial charge < -0.3 is 9.47 Å². The van der Waals surface area contributed by atoms with Crippen LogP contribution in [0.25, 0.3) is 22.5 Å². The minimum absolute atomic E-state index is 0.0491. The lowest BCUT2D eigenvalue weighted by atomic mass is 9.75. The lowest BCUT2D eigenvalue weighted by Crippen LogP contribution is -2.50. The number of aliphatic imine (C=N–C) groups is 1. The van der Waals surface area contributed by atoms with Crippen LogP contribution in [0.5, 0.6) is 0 Å². The summed E-state index contributed by atoms with van der Waals surface area (Å²) < 4.78 is 55.0. The van der Waals surface area contributed by atoms with Crippen molar-refractivity contribution in [3.05, 3.63) is 77.1 Å². The SMILES string of the molecule is CC(C)(C)C[C@]1(c2ccc(-c3cnn(C(F)F)c3)cc2F)N=C(NC(=O)OC(C)(C)C)N([C@H](COC(=O)CC2CC2)c2ccc(Cl)c(-c3ncn[nH]3)c2)C1=O. The fourth-order valence-electron chi connectivity index (χ4n) is 6.50. The molecule has 1 fully saturated rings. The number of ether oxygens (including phenoxy) is 2. The van der Waals surface area contributed by atoms with Crippen LogP contribution in [0.15, 0.2) is 60.1 Å². The van der Waals surface area contributed by atoms with Gasteiger partial charge in [-0.15, -0.1) is 0 Å². The molecule has 4 aromatic rings. The Morgan fingerprint density at radius 1 is 1.09 bits per heavy atom. The first-order valence-electron chi connectivity index (χ1n) is 17.7. The third-order valence-electron chi connectivity index (χ3n) is 8.96. The Morgan fingerprint density at radius 3 is 2.44 bits per heavy atom. The lowest BCUT2D eigenvalue weighted by Gasteiger charge is -2.35. The van der Waals surface area contributed by atoms with Gasteiger partial charge in [0.05, 0.1) is 17.3 Å². The Hall–Kier alpha value is -5.25. The zero-order valence-electron chi connectivity index (χ0n) is 31.2. The van der Waals surface area contributed by atoms with E-state index in [1.165, 1.54) is 29.6 Å². The standard InChI is InChI=1S/C38H42ClF3N8O5/c1-36(2,3)19-38(26-11-9-22(15-28(26)40)24-16-45-49(17-24)33(41)42)32(52)50(34(47-38)46-35(53)55-37(4,5)6)29(18-54-30(51)13-21-7-8-21)23-10-12-27(39)25(14-23)31-43-20-44-48-31/h9-12,14-17,20-21,29,33H,7-8,13,18-19H2,1-6H3,(H,43,44,48)(H,46,47,53)/t29-,38-/m1/s1. The van der Waals surface area contributed by atoms with Crippen LogP contribution in [-0.2, 0) is 24.6 Å². The molecule has 2 aliphatic rings. The summed E-state index contributed by atoms with van der Waals surface area (Å²) in [5.74, 6) is -1.79. The van der Waals surface area contributed by atoms with Crippen molar-refractivity contribution in [2.24, 2.45) is 16.3 Å². The van der Waals surface area contributed by atoms with Gasteiger partial charge >= 0.3 is 18.6 Å². The molecule has 3 heterocycles. The molecule has 292 valence electrons. The van der Waals surface area contributed by atoms with E-state index < -0.39 is 52.9 Å². The molecule has 13 nitrogen and oxygen atoms in total. The molecule has 0 radical (unpaired) electrons. The van der Waals surface area contributed by atoms with Crippen LogP contribution in [0, 0.1) is 17.2 Å². The predicted molar refractivity (Wildman–Crippen MR) is 196 cm³/mol. The summed E-state index contributed by atoms with van der Waals surface area (Å²) in [6.07, 6.45) is 4.60. The Bertz CT molecular complexity index is 2110. The van der Waals surface area contributed by atoms with E-state index in [1.807, 2.05) is 20.8 Å². The minimum Gasteiger partial charge on any atom is -0.463 e. The zero-order valence-corrected chi connectivity index (χ0v) is 32.0. The molecule has 2 amide bonds. The number of nitrogens with one attached hydrogen (secondary N) is 2. The molecule has 6 rings (SSSR count). The van der Waals surface area contributed by atoms with Crippen LogP contribution >= 0.6 is 11.6 Å². The van der Waals surface area contributed by atoms with Crippen molar-refractivity contribution in [1.82, 2.24) is 35.2 Å². The number of guanidine groups is 1. The molecule has 0 unspecified atom stereocenters. The maximum atomic E-state index is 16.6. The summed E-state index contributed by atoms with van der Waals surface area (Å²) >= 11 is 6.59. The van der Waals surface area contributed by atoms with Crippen LogP contribution in [-0.4, -0.2) is 66.0 Å². The van der Waals surface area contributed by atoms with Crippen LogP contribution < -0.4 is 5.32 Å². The highest BCUT2D eigenvalue weighted by atomic mass is 35.5. The van der Waals surface area contributed by atoms with Crippen LogP contribution in [0.2, 0.25) is 5.02 Å². The number of halogens is 4. The molecule has 2 atom stereocenters. The highest BCUT2D eigenvalue weighted by Gasteiger charge is 2.55. The summed E-state index contributed by atoms with van der Waals surface area (Å²) in [4.78, 5) is 52.1. The number of carbonyl (C=O) groups excluding carboxylic acids is 3. The molecule has 2 N–H and O–H groups in total. The smallest absolute Gasteiger partial charge is 0.414 e. The van der Waals surface area contributed by atoms with E-state index in [4.69, 9.17) is 26.1 Å². The molecule has 2 aromatic heterocycles. The van der Waals surface area contributed by atoms with E-state index in [9.17, 15) is 18.4 Å². The number of benzene rings is 2. The molecule has 0 bridgehead atoms. The van der Waals surface area contributed by atoms with Crippen molar-refractivity contribution in [2.75, 3.05) is 6.61 Å². The Labute approximate surface area is 320 Å². The summed E-state index contributed by atoms with van der Waals surface area (Å²) in [6.45, 7) is 7.29. The third kappa shape index (κ3) is 9.01. The second-order valence-corrected chi connectivity index (χ2v) is 16.3. The maximum absolute atomic E-state index is 16.6. The van der Waals surface area contributed by atoms with Gasteiger partial charge in [-0.2, -0.15) is 19.0 Å². The molecule has 55 heavy (non-hydrogen) atoms. The van der Waals surface area contributed by atoms with Crippen molar-refractivity contribution >= 4 is 35.5 Å². The fraction of sp³-hybridized carbons (Fsp3) is 0.447. The Kier molecular flexibility index (Phi) is 10.8. The number of aromatic amines is 1. The molecule has 1 saturated carbocycles.